The number of halogens is 2. The molecule has 0 saturated carbocycles. The van der Waals surface area contributed by atoms with Gasteiger partial charge in [0, 0.05) is 25.3 Å². The molecule has 6 nitrogen and oxygen atoms in total. The summed E-state index contributed by atoms with van der Waals surface area (Å²) in [5.74, 6) is -0.938. The van der Waals surface area contributed by atoms with Gasteiger partial charge in [-0.1, -0.05) is 23.9 Å². The Morgan fingerprint density at radius 2 is 1.72 bits per heavy atom. The Hall–Kier alpha value is -2.75. The van der Waals surface area contributed by atoms with Crippen LogP contribution in [0.5, 0.6) is 0 Å². The number of carbonyl (C=O) groups excluding carboxylic acids is 1. The first-order valence-electron chi connectivity index (χ1n) is 10.3. The molecule has 1 saturated heterocycles. The molecule has 1 N–H and O–H groups in total. The van der Waals surface area contributed by atoms with Gasteiger partial charge in [-0.15, -0.1) is 0 Å². The summed E-state index contributed by atoms with van der Waals surface area (Å²) in [6, 6.07) is 12.2. The number of benzene rings is 2. The van der Waals surface area contributed by atoms with E-state index in [1.807, 2.05) is 6.26 Å². The first-order chi connectivity index (χ1) is 15.6. The summed E-state index contributed by atoms with van der Waals surface area (Å²) >= 11 is 1.40. The molecule has 1 aliphatic heterocycles. The first kappa shape index (κ1) is 22.4. The molecule has 1 aliphatic rings. The first-order valence-corrected chi connectivity index (χ1v) is 11.5. The van der Waals surface area contributed by atoms with Gasteiger partial charge in [0.2, 0.25) is 0 Å². The van der Waals surface area contributed by atoms with Gasteiger partial charge in [-0.05, 0) is 48.2 Å². The number of aromatic nitrogens is 2. The van der Waals surface area contributed by atoms with Crippen molar-refractivity contribution in [3.05, 3.63) is 77.6 Å². The zero-order valence-electron chi connectivity index (χ0n) is 17.6. The van der Waals surface area contributed by atoms with Gasteiger partial charge in [0.25, 0.3) is 5.91 Å². The molecule has 4 rings (SSSR count). The van der Waals surface area contributed by atoms with Crippen LogP contribution in [-0.2, 0) is 4.74 Å². The maximum Gasteiger partial charge on any atom is 0.270 e. The van der Waals surface area contributed by atoms with Crippen molar-refractivity contribution >= 4 is 17.7 Å². The summed E-state index contributed by atoms with van der Waals surface area (Å²) in [6.45, 7) is 3.01. The predicted octanol–water partition coefficient (Wildman–Crippen LogP) is 3.68. The summed E-state index contributed by atoms with van der Waals surface area (Å²) in [6.07, 6.45) is 3.39. The van der Waals surface area contributed by atoms with Gasteiger partial charge in [-0.2, -0.15) is 0 Å². The Morgan fingerprint density at radius 1 is 1.09 bits per heavy atom. The second kappa shape index (κ2) is 10.2. The van der Waals surface area contributed by atoms with Crippen molar-refractivity contribution in [1.82, 2.24) is 19.8 Å². The molecular formula is C23H24F2N4O2S. The lowest BCUT2D eigenvalue weighted by molar-refractivity contribution is 0.0162. The van der Waals surface area contributed by atoms with Gasteiger partial charge >= 0.3 is 0 Å². The van der Waals surface area contributed by atoms with Crippen LogP contribution in [0.25, 0.3) is 5.69 Å². The molecule has 0 radical (unpaired) electrons. The highest BCUT2D eigenvalue weighted by atomic mass is 32.2. The molecule has 1 fully saturated rings. The monoisotopic (exact) mass is 458 g/mol. The van der Waals surface area contributed by atoms with Crippen molar-refractivity contribution in [2.24, 2.45) is 0 Å². The third-order valence-corrected chi connectivity index (χ3v) is 6.08. The second-order valence-electron chi connectivity index (χ2n) is 7.37. The van der Waals surface area contributed by atoms with Crippen LogP contribution in [0.4, 0.5) is 8.78 Å². The fraction of sp³-hybridized carbons (Fsp3) is 0.304. The number of morpholine rings is 1. The van der Waals surface area contributed by atoms with Crippen LogP contribution in [-0.4, -0.2) is 59.5 Å². The minimum Gasteiger partial charge on any atom is -0.379 e. The summed E-state index contributed by atoms with van der Waals surface area (Å²) in [7, 11) is 0. The number of thioether (sulfide) groups is 1. The highest BCUT2D eigenvalue weighted by molar-refractivity contribution is 7.98. The fourth-order valence-electron chi connectivity index (χ4n) is 3.79. The number of carbonyl (C=O) groups is 1. The zero-order valence-corrected chi connectivity index (χ0v) is 18.4. The van der Waals surface area contributed by atoms with E-state index in [1.54, 1.807) is 28.8 Å². The van der Waals surface area contributed by atoms with E-state index in [2.05, 4.69) is 15.2 Å². The van der Waals surface area contributed by atoms with Gasteiger partial charge in [0.05, 0.1) is 25.5 Å². The lowest BCUT2D eigenvalue weighted by Crippen LogP contribution is -2.44. The van der Waals surface area contributed by atoms with Gasteiger partial charge in [0.1, 0.15) is 17.3 Å². The van der Waals surface area contributed by atoms with Crippen molar-refractivity contribution in [3.8, 4) is 5.69 Å². The third-order valence-electron chi connectivity index (χ3n) is 5.43. The summed E-state index contributed by atoms with van der Waals surface area (Å²) < 4.78 is 34.0. The van der Waals surface area contributed by atoms with Crippen molar-refractivity contribution in [1.29, 1.82) is 0 Å². The van der Waals surface area contributed by atoms with Crippen LogP contribution in [0.2, 0.25) is 0 Å². The van der Waals surface area contributed by atoms with Crippen LogP contribution >= 0.6 is 11.8 Å². The van der Waals surface area contributed by atoms with E-state index in [-0.39, 0.29) is 23.6 Å². The molecule has 0 aliphatic carbocycles. The Labute approximate surface area is 189 Å². The van der Waals surface area contributed by atoms with Crippen molar-refractivity contribution in [2.45, 2.75) is 11.2 Å². The SMILES string of the molecule is CSc1ncc(C(=O)NCC(c2ccc(F)cc2)N2CCOCC2)n1-c1ccc(F)cc1. The van der Waals surface area contributed by atoms with Crippen LogP contribution in [0.3, 0.4) is 0 Å². The normalized spacial score (nSPS) is 15.5. The molecular weight excluding hydrogens is 434 g/mol. The second-order valence-corrected chi connectivity index (χ2v) is 8.14. The Kier molecular flexibility index (Phi) is 7.19. The van der Waals surface area contributed by atoms with Crippen molar-refractivity contribution in [3.63, 3.8) is 0 Å². The lowest BCUT2D eigenvalue weighted by atomic mass is 10.0. The number of rotatable bonds is 7. The molecule has 1 atom stereocenters. The molecule has 0 bridgehead atoms. The number of nitrogens with one attached hydrogen (secondary N) is 1. The number of imidazole rings is 1. The average Bonchev–Trinajstić information content (AvgIpc) is 3.26. The summed E-state index contributed by atoms with van der Waals surface area (Å²) in [5, 5.41) is 3.64. The number of nitrogens with zero attached hydrogens (tertiary/aromatic N) is 3. The van der Waals surface area contributed by atoms with E-state index in [0.29, 0.717) is 36.3 Å². The number of hydrogen-bond acceptors (Lipinski definition) is 5. The number of hydrogen-bond donors (Lipinski definition) is 1. The van der Waals surface area contributed by atoms with Crippen LogP contribution in [0, 0.1) is 11.6 Å². The minimum absolute atomic E-state index is 0.120. The molecule has 1 aromatic heterocycles. The standard InChI is InChI=1S/C23H24F2N4O2S/c1-32-23-27-15-21(29(23)19-8-6-18(25)7-9-19)22(30)26-14-20(28-10-12-31-13-11-28)16-2-4-17(24)5-3-16/h2-9,15,20H,10-14H2,1H3,(H,26,30). The van der Waals surface area contributed by atoms with Crippen molar-refractivity contribution < 1.29 is 18.3 Å². The van der Waals surface area contributed by atoms with Crippen molar-refractivity contribution in [2.75, 3.05) is 39.1 Å². The molecule has 2 heterocycles. The quantitative estimate of drug-likeness (QED) is 0.548. The largest absolute Gasteiger partial charge is 0.379 e. The number of ether oxygens (including phenoxy) is 1. The molecule has 0 spiro atoms. The fourth-order valence-corrected chi connectivity index (χ4v) is 4.33. The van der Waals surface area contributed by atoms with E-state index in [4.69, 9.17) is 4.74 Å². The molecule has 2 aromatic carbocycles. The summed E-state index contributed by atoms with van der Waals surface area (Å²) in [4.78, 5) is 19.7. The molecule has 168 valence electrons. The predicted molar refractivity (Wildman–Crippen MR) is 119 cm³/mol. The topological polar surface area (TPSA) is 59.4 Å². The summed E-state index contributed by atoms with van der Waals surface area (Å²) in [5.41, 5.74) is 1.94. The smallest absolute Gasteiger partial charge is 0.270 e. The molecule has 3 aromatic rings. The lowest BCUT2D eigenvalue weighted by Gasteiger charge is -2.35. The van der Waals surface area contributed by atoms with E-state index in [0.717, 1.165) is 18.7 Å². The average molecular weight is 459 g/mol. The highest BCUT2D eigenvalue weighted by Crippen LogP contribution is 2.24. The molecule has 32 heavy (non-hydrogen) atoms. The maximum absolute atomic E-state index is 13.5. The third kappa shape index (κ3) is 5.01. The van der Waals surface area contributed by atoms with Gasteiger partial charge in [-0.3, -0.25) is 14.3 Å². The Bertz CT molecular complexity index is 1050. The van der Waals surface area contributed by atoms with E-state index < -0.39 is 0 Å². The van der Waals surface area contributed by atoms with E-state index in [1.165, 1.54) is 42.2 Å². The number of amides is 1. The zero-order chi connectivity index (χ0) is 22.5. The highest BCUT2D eigenvalue weighted by Gasteiger charge is 2.25. The van der Waals surface area contributed by atoms with Crippen LogP contribution < -0.4 is 5.32 Å². The van der Waals surface area contributed by atoms with Gasteiger partial charge < -0.3 is 10.1 Å². The Balaban J connectivity index is 1.56. The van der Waals surface area contributed by atoms with E-state index >= 15 is 0 Å². The van der Waals surface area contributed by atoms with Crippen LogP contribution in [0.15, 0.2) is 59.9 Å². The van der Waals surface area contributed by atoms with E-state index in [9.17, 15) is 13.6 Å². The maximum atomic E-state index is 13.5. The molecule has 9 heteroatoms. The van der Waals surface area contributed by atoms with Gasteiger partial charge in [0.15, 0.2) is 5.16 Å². The molecule has 1 unspecified atom stereocenters. The Morgan fingerprint density at radius 3 is 2.34 bits per heavy atom. The van der Waals surface area contributed by atoms with Gasteiger partial charge in [-0.25, -0.2) is 13.8 Å². The van der Waals surface area contributed by atoms with Crippen LogP contribution in [0.1, 0.15) is 22.1 Å². The minimum atomic E-state index is -0.349. The molecule has 1 amide bonds.